The predicted octanol–water partition coefficient (Wildman–Crippen LogP) is 3.44. The molecule has 2 amide bonds. The van der Waals surface area contributed by atoms with Gasteiger partial charge in [0.2, 0.25) is 0 Å². The second-order valence-corrected chi connectivity index (χ2v) is 6.03. The maximum Gasteiger partial charge on any atom is 0.255 e. The molecule has 0 aliphatic rings. The SMILES string of the molecule is COCCNC(=O)c1cccc(C(=O)Nc2ccccc2C(C)C)c1. The third kappa shape index (κ3) is 5.16. The zero-order chi connectivity index (χ0) is 18.2. The van der Waals surface area contributed by atoms with Crippen LogP contribution in [0.1, 0.15) is 46.0 Å². The first-order valence-electron chi connectivity index (χ1n) is 8.30. The van der Waals surface area contributed by atoms with Crippen molar-refractivity contribution in [2.24, 2.45) is 0 Å². The van der Waals surface area contributed by atoms with Crippen LogP contribution in [0.25, 0.3) is 0 Å². The highest BCUT2D eigenvalue weighted by Gasteiger charge is 2.13. The fourth-order valence-corrected chi connectivity index (χ4v) is 2.48. The number of carbonyl (C=O) groups is 2. The Bertz CT molecular complexity index is 741. The number of ether oxygens (including phenoxy) is 1. The lowest BCUT2D eigenvalue weighted by molar-refractivity contribution is 0.0937. The number of hydrogen-bond acceptors (Lipinski definition) is 3. The molecule has 5 heteroatoms. The normalized spacial score (nSPS) is 10.6. The van der Waals surface area contributed by atoms with Gasteiger partial charge in [0.25, 0.3) is 11.8 Å². The minimum Gasteiger partial charge on any atom is -0.383 e. The summed E-state index contributed by atoms with van der Waals surface area (Å²) in [5.41, 5.74) is 2.75. The molecule has 5 nitrogen and oxygen atoms in total. The molecule has 2 N–H and O–H groups in total. The first kappa shape index (κ1) is 18.7. The smallest absolute Gasteiger partial charge is 0.255 e. The Balaban J connectivity index is 2.13. The summed E-state index contributed by atoms with van der Waals surface area (Å²) in [6.45, 7) is 5.03. The van der Waals surface area contributed by atoms with Crippen LogP contribution in [0.3, 0.4) is 0 Å². The second kappa shape index (κ2) is 8.99. The molecular formula is C20H24N2O3. The molecule has 0 aliphatic heterocycles. The van der Waals surface area contributed by atoms with Crippen molar-refractivity contribution in [2.45, 2.75) is 19.8 Å². The van der Waals surface area contributed by atoms with Crippen LogP contribution in [0.15, 0.2) is 48.5 Å². The Labute approximate surface area is 148 Å². The molecule has 0 fully saturated rings. The average molecular weight is 340 g/mol. The van der Waals surface area contributed by atoms with Crippen molar-refractivity contribution in [3.8, 4) is 0 Å². The van der Waals surface area contributed by atoms with Crippen LogP contribution in [0.4, 0.5) is 5.69 Å². The van der Waals surface area contributed by atoms with E-state index >= 15 is 0 Å². The molecule has 0 saturated carbocycles. The van der Waals surface area contributed by atoms with Gasteiger partial charge in [-0.25, -0.2) is 0 Å². The van der Waals surface area contributed by atoms with Crippen molar-refractivity contribution in [3.05, 3.63) is 65.2 Å². The van der Waals surface area contributed by atoms with Gasteiger partial charge in [-0.05, 0) is 35.7 Å². The van der Waals surface area contributed by atoms with Gasteiger partial charge in [-0.3, -0.25) is 9.59 Å². The molecule has 132 valence electrons. The Morgan fingerprint density at radius 3 is 2.36 bits per heavy atom. The lowest BCUT2D eigenvalue weighted by Crippen LogP contribution is -2.27. The van der Waals surface area contributed by atoms with Crippen molar-refractivity contribution >= 4 is 17.5 Å². The summed E-state index contributed by atoms with van der Waals surface area (Å²) in [7, 11) is 1.58. The molecular weight excluding hydrogens is 316 g/mol. The highest BCUT2D eigenvalue weighted by Crippen LogP contribution is 2.24. The van der Waals surface area contributed by atoms with Gasteiger partial charge in [-0.1, -0.05) is 38.1 Å². The Morgan fingerprint density at radius 1 is 1.00 bits per heavy atom. The monoisotopic (exact) mass is 340 g/mol. The lowest BCUT2D eigenvalue weighted by Gasteiger charge is -2.14. The number of methoxy groups -OCH3 is 1. The molecule has 0 radical (unpaired) electrons. The molecule has 2 aromatic carbocycles. The number of anilines is 1. The van der Waals surface area contributed by atoms with Gasteiger partial charge in [-0.2, -0.15) is 0 Å². The minimum atomic E-state index is -0.236. The molecule has 0 spiro atoms. The van der Waals surface area contributed by atoms with Crippen molar-refractivity contribution in [1.82, 2.24) is 5.32 Å². The van der Waals surface area contributed by atoms with Crippen molar-refractivity contribution in [2.75, 3.05) is 25.6 Å². The summed E-state index contributed by atoms with van der Waals surface area (Å²) in [6, 6.07) is 14.4. The largest absolute Gasteiger partial charge is 0.383 e. The lowest BCUT2D eigenvalue weighted by atomic mass is 10.0. The Morgan fingerprint density at radius 2 is 1.68 bits per heavy atom. The van der Waals surface area contributed by atoms with E-state index in [0.29, 0.717) is 30.2 Å². The standard InChI is InChI=1S/C20H24N2O3/c1-14(2)17-9-4-5-10-18(17)22-20(24)16-8-6-7-15(13-16)19(23)21-11-12-25-3/h4-10,13-14H,11-12H2,1-3H3,(H,21,23)(H,22,24). The number of rotatable bonds is 7. The number of amides is 2. The zero-order valence-corrected chi connectivity index (χ0v) is 14.8. The number of carbonyl (C=O) groups excluding carboxylic acids is 2. The molecule has 0 heterocycles. The molecule has 0 aromatic heterocycles. The quantitative estimate of drug-likeness (QED) is 0.759. The summed E-state index contributed by atoms with van der Waals surface area (Å²) in [4.78, 5) is 24.7. The first-order chi connectivity index (χ1) is 12.0. The van der Waals surface area contributed by atoms with Crippen molar-refractivity contribution in [1.29, 1.82) is 0 Å². The van der Waals surface area contributed by atoms with E-state index in [0.717, 1.165) is 11.3 Å². The van der Waals surface area contributed by atoms with E-state index in [1.807, 2.05) is 24.3 Å². The summed E-state index contributed by atoms with van der Waals surface area (Å²) in [5.74, 6) is -0.164. The van der Waals surface area contributed by atoms with Crippen molar-refractivity contribution < 1.29 is 14.3 Å². The van der Waals surface area contributed by atoms with Crippen LogP contribution in [0.2, 0.25) is 0 Å². The average Bonchev–Trinajstić information content (AvgIpc) is 2.62. The number of nitrogens with one attached hydrogen (secondary N) is 2. The molecule has 0 unspecified atom stereocenters. The topological polar surface area (TPSA) is 67.4 Å². The fraction of sp³-hybridized carbons (Fsp3) is 0.300. The highest BCUT2D eigenvalue weighted by molar-refractivity contribution is 6.06. The van der Waals surface area contributed by atoms with Gasteiger partial charge in [-0.15, -0.1) is 0 Å². The van der Waals surface area contributed by atoms with Gasteiger partial charge in [0, 0.05) is 30.5 Å². The van der Waals surface area contributed by atoms with E-state index in [-0.39, 0.29) is 11.8 Å². The molecule has 0 atom stereocenters. The van der Waals surface area contributed by atoms with E-state index in [2.05, 4.69) is 24.5 Å². The van der Waals surface area contributed by atoms with Gasteiger partial charge in [0.15, 0.2) is 0 Å². The van der Waals surface area contributed by atoms with E-state index < -0.39 is 0 Å². The van der Waals surface area contributed by atoms with Gasteiger partial charge in [0.1, 0.15) is 0 Å². The fourth-order valence-electron chi connectivity index (χ4n) is 2.48. The summed E-state index contributed by atoms with van der Waals surface area (Å²) >= 11 is 0. The van der Waals surface area contributed by atoms with Crippen LogP contribution in [-0.2, 0) is 4.74 Å². The second-order valence-electron chi connectivity index (χ2n) is 6.03. The zero-order valence-electron chi connectivity index (χ0n) is 14.8. The first-order valence-corrected chi connectivity index (χ1v) is 8.30. The minimum absolute atomic E-state index is 0.228. The molecule has 2 rings (SSSR count). The third-order valence-corrected chi connectivity index (χ3v) is 3.81. The number of para-hydroxylation sites is 1. The van der Waals surface area contributed by atoms with E-state index in [1.165, 1.54) is 0 Å². The summed E-state index contributed by atoms with van der Waals surface area (Å²) in [6.07, 6.45) is 0. The van der Waals surface area contributed by atoms with Crippen molar-refractivity contribution in [3.63, 3.8) is 0 Å². The molecule has 25 heavy (non-hydrogen) atoms. The Hall–Kier alpha value is -2.66. The van der Waals surface area contributed by atoms with Gasteiger partial charge >= 0.3 is 0 Å². The van der Waals surface area contributed by atoms with Crippen LogP contribution in [0, 0.1) is 0 Å². The Kier molecular flexibility index (Phi) is 6.71. The van der Waals surface area contributed by atoms with Crippen LogP contribution in [-0.4, -0.2) is 32.1 Å². The van der Waals surface area contributed by atoms with E-state index in [1.54, 1.807) is 31.4 Å². The molecule has 0 bridgehead atoms. The predicted molar refractivity (Wildman–Crippen MR) is 99.1 cm³/mol. The summed E-state index contributed by atoms with van der Waals surface area (Å²) in [5, 5.41) is 5.68. The molecule has 0 aliphatic carbocycles. The van der Waals surface area contributed by atoms with Crippen LogP contribution < -0.4 is 10.6 Å². The van der Waals surface area contributed by atoms with E-state index in [9.17, 15) is 9.59 Å². The molecule has 2 aromatic rings. The van der Waals surface area contributed by atoms with Crippen LogP contribution >= 0.6 is 0 Å². The highest BCUT2D eigenvalue weighted by atomic mass is 16.5. The molecule has 0 saturated heterocycles. The van der Waals surface area contributed by atoms with Gasteiger partial charge < -0.3 is 15.4 Å². The van der Waals surface area contributed by atoms with Crippen LogP contribution in [0.5, 0.6) is 0 Å². The van der Waals surface area contributed by atoms with E-state index in [4.69, 9.17) is 4.74 Å². The maximum absolute atomic E-state index is 12.6. The number of benzene rings is 2. The van der Waals surface area contributed by atoms with Gasteiger partial charge in [0.05, 0.1) is 6.61 Å². The maximum atomic E-state index is 12.6. The summed E-state index contributed by atoms with van der Waals surface area (Å²) < 4.78 is 4.91. The third-order valence-electron chi connectivity index (χ3n) is 3.81. The number of hydrogen-bond donors (Lipinski definition) is 2.